The molecule has 0 unspecified atom stereocenters. The van der Waals surface area contributed by atoms with E-state index in [2.05, 4.69) is 29.0 Å². The molecule has 1 aromatic carbocycles. The second-order valence-corrected chi connectivity index (χ2v) is 6.75. The van der Waals surface area contributed by atoms with Gasteiger partial charge in [0.2, 0.25) is 0 Å². The van der Waals surface area contributed by atoms with Crippen LogP contribution in [0.5, 0.6) is 0 Å². The molecule has 4 N–H and O–H groups in total. The van der Waals surface area contributed by atoms with Gasteiger partial charge in [0.25, 0.3) is 11.8 Å². The van der Waals surface area contributed by atoms with E-state index in [1.54, 1.807) is 18.2 Å². The van der Waals surface area contributed by atoms with Crippen molar-refractivity contribution in [1.29, 1.82) is 0 Å². The van der Waals surface area contributed by atoms with Gasteiger partial charge >= 0.3 is 0 Å². The number of benzene rings is 1. The molecule has 0 aliphatic carbocycles. The molecule has 156 valence electrons. The number of rotatable bonds is 6. The normalized spacial score (nSPS) is 12.1. The lowest BCUT2D eigenvalue weighted by Crippen LogP contribution is -2.51. The number of carbonyl (C=O) groups is 2. The number of carbonyl (C=O) groups excluding carboxylic acids is 2. The van der Waals surface area contributed by atoms with Crippen LogP contribution in [0.2, 0.25) is 0 Å². The van der Waals surface area contributed by atoms with Gasteiger partial charge in [0, 0.05) is 11.1 Å². The Morgan fingerprint density at radius 3 is 2.37 bits per heavy atom. The highest BCUT2D eigenvalue weighted by Gasteiger charge is 2.25. The Balaban J connectivity index is 1.99. The molecule has 2 rings (SSSR count). The van der Waals surface area contributed by atoms with E-state index in [9.17, 15) is 14.7 Å². The van der Waals surface area contributed by atoms with Gasteiger partial charge in [-0.15, -0.1) is 0 Å². The van der Waals surface area contributed by atoms with E-state index < -0.39 is 24.0 Å². The van der Waals surface area contributed by atoms with Crippen molar-refractivity contribution >= 4 is 11.8 Å². The first-order chi connectivity index (χ1) is 14.3. The summed E-state index contributed by atoms with van der Waals surface area (Å²) < 4.78 is 5.57. The molecule has 1 aromatic heterocycles. The highest BCUT2D eigenvalue weighted by molar-refractivity contribution is 5.97. The minimum Gasteiger partial charge on any atom is -0.451 e. The fraction of sp³-hybridized carbons (Fsp3) is 0.273. The smallest absolute Gasteiger partial charge is 0.268 e. The highest BCUT2D eigenvalue weighted by atomic mass is 16.5. The number of furan rings is 1. The van der Waals surface area contributed by atoms with Crippen LogP contribution in [-0.2, 0) is 11.3 Å². The molecule has 1 heterocycles. The molecule has 0 saturated carbocycles. The van der Waals surface area contributed by atoms with Crippen LogP contribution >= 0.6 is 0 Å². The molecular weight excluding hydrogens is 386 g/mol. The van der Waals surface area contributed by atoms with Crippen LogP contribution in [0.25, 0.3) is 0 Å². The molecule has 0 bridgehead atoms. The number of hydrogen-bond acceptors (Lipinski definition) is 6. The van der Waals surface area contributed by atoms with Gasteiger partial charge < -0.3 is 19.7 Å². The molecule has 2 atom stereocenters. The van der Waals surface area contributed by atoms with Crippen LogP contribution < -0.4 is 10.8 Å². The van der Waals surface area contributed by atoms with Crippen molar-refractivity contribution in [1.82, 2.24) is 15.7 Å². The zero-order valence-electron chi connectivity index (χ0n) is 16.9. The molecule has 2 aromatic rings. The van der Waals surface area contributed by atoms with E-state index in [1.807, 2.05) is 25.1 Å². The van der Waals surface area contributed by atoms with Gasteiger partial charge in [-0.3, -0.25) is 14.8 Å². The average molecular weight is 409 g/mol. The Morgan fingerprint density at radius 1 is 1.10 bits per heavy atom. The Kier molecular flexibility index (Phi) is 8.21. The van der Waals surface area contributed by atoms with Crippen LogP contribution in [-0.4, -0.2) is 53.3 Å². The summed E-state index contributed by atoms with van der Waals surface area (Å²) in [4.78, 5) is 25.7. The number of nitrogens with zero attached hydrogens (tertiary/aromatic N) is 1. The van der Waals surface area contributed by atoms with Crippen molar-refractivity contribution < 1.29 is 24.3 Å². The monoisotopic (exact) mass is 409 g/mol. The minimum absolute atomic E-state index is 0.270. The van der Waals surface area contributed by atoms with Gasteiger partial charge in [-0.2, -0.15) is 0 Å². The lowest BCUT2D eigenvalue weighted by atomic mass is 10.1. The van der Waals surface area contributed by atoms with Crippen molar-refractivity contribution in [3.05, 3.63) is 59.0 Å². The van der Waals surface area contributed by atoms with Crippen LogP contribution in [0, 0.1) is 23.7 Å². The first-order valence-corrected chi connectivity index (χ1v) is 9.08. The summed E-state index contributed by atoms with van der Waals surface area (Å²) >= 11 is 0. The van der Waals surface area contributed by atoms with Crippen LogP contribution in [0.1, 0.15) is 34.4 Å². The quantitative estimate of drug-likeness (QED) is 0.318. The summed E-state index contributed by atoms with van der Waals surface area (Å²) in [5.41, 5.74) is 2.33. The third-order valence-electron chi connectivity index (χ3n) is 3.90. The van der Waals surface area contributed by atoms with Gasteiger partial charge in [-0.05, 0) is 75.2 Å². The Labute approximate surface area is 174 Å². The first-order valence-electron chi connectivity index (χ1n) is 9.08. The zero-order chi connectivity index (χ0) is 22.1. The molecule has 8 heteroatoms. The summed E-state index contributed by atoms with van der Waals surface area (Å²) in [5.74, 6) is 11.0. The summed E-state index contributed by atoms with van der Waals surface area (Å²) in [6.07, 6.45) is -1.18. The van der Waals surface area contributed by atoms with Gasteiger partial charge in [-0.25, -0.2) is 5.48 Å². The summed E-state index contributed by atoms with van der Waals surface area (Å²) in [7, 11) is 3.90. The number of aliphatic hydroxyl groups is 1. The van der Waals surface area contributed by atoms with Crippen molar-refractivity contribution in [3.63, 3.8) is 0 Å². The summed E-state index contributed by atoms with van der Waals surface area (Å²) in [6.45, 7) is 2.02. The minimum atomic E-state index is -1.28. The van der Waals surface area contributed by atoms with E-state index in [1.165, 1.54) is 24.5 Å². The molecule has 0 fully saturated rings. The van der Waals surface area contributed by atoms with Crippen LogP contribution in [0.15, 0.2) is 40.8 Å². The molecule has 0 saturated heterocycles. The Bertz CT molecular complexity index is 1000. The predicted octanol–water partition coefficient (Wildman–Crippen LogP) is 0.729. The van der Waals surface area contributed by atoms with Crippen LogP contribution in [0.4, 0.5) is 0 Å². The zero-order valence-corrected chi connectivity index (χ0v) is 16.9. The first kappa shape index (κ1) is 22.7. The molecule has 0 spiro atoms. The van der Waals surface area contributed by atoms with Gasteiger partial charge in [0.15, 0.2) is 5.76 Å². The van der Waals surface area contributed by atoms with E-state index in [0.717, 1.165) is 5.76 Å². The third kappa shape index (κ3) is 6.80. The summed E-state index contributed by atoms with van der Waals surface area (Å²) in [6, 6.07) is 8.71. The number of nitrogens with one attached hydrogen (secondary N) is 2. The maximum Gasteiger partial charge on any atom is 0.268 e. The number of hydroxylamine groups is 1. The molecule has 0 aliphatic rings. The molecule has 30 heavy (non-hydrogen) atoms. The topological polar surface area (TPSA) is 115 Å². The van der Waals surface area contributed by atoms with Crippen molar-refractivity contribution in [2.45, 2.75) is 25.6 Å². The fourth-order valence-electron chi connectivity index (χ4n) is 2.44. The molecule has 0 radical (unpaired) electrons. The lowest BCUT2D eigenvalue weighted by molar-refractivity contribution is -0.133. The van der Waals surface area contributed by atoms with Crippen molar-refractivity contribution in [2.24, 2.45) is 0 Å². The molecule has 8 nitrogen and oxygen atoms in total. The number of hydrogen-bond donors (Lipinski definition) is 4. The standard InChI is InChI=1S/C22H23N3O5/c1-15(26)20(22(28)24-29)23-21(27)17-10-8-16(9-11-17)6-4-5-7-18-12-13-19(30-18)14-25(2)3/h8-13,15,20,26,29H,14H2,1-3H3,(H,23,27)(H,24,28)/t15-,20+/m1/s1. The van der Waals surface area contributed by atoms with Gasteiger partial charge in [0.1, 0.15) is 11.8 Å². The molecular formula is C22H23N3O5. The maximum atomic E-state index is 12.2. The molecule has 2 amide bonds. The van der Waals surface area contributed by atoms with Crippen molar-refractivity contribution in [3.8, 4) is 23.7 Å². The third-order valence-corrected chi connectivity index (χ3v) is 3.90. The van der Waals surface area contributed by atoms with Crippen LogP contribution in [0.3, 0.4) is 0 Å². The fourth-order valence-corrected chi connectivity index (χ4v) is 2.44. The lowest BCUT2D eigenvalue weighted by Gasteiger charge is -2.19. The maximum absolute atomic E-state index is 12.2. The second kappa shape index (κ2) is 10.8. The van der Waals surface area contributed by atoms with E-state index in [4.69, 9.17) is 9.62 Å². The van der Waals surface area contributed by atoms with E-state index >= 15 is 0 Å². The number of amides is 2. The average Bonchev–Trinajstić information content (AvgIpc) is 3.15. The predicted molar refractivity (Wildman–Crippen MR) is 109 cm³/mol. The molecule has 0 aliphatic heterocycles. The largest absolute Gasteiger partial charge is 0.451 e. The second-order valence-electron chi connectivity index (χ2n) is 6.75. The van der Waals surface area contributed by atoms with Gasteiger partial charge in [0.05, 0.1) is 12.6 Å². The Hall–Kier alpha value is -3.56. The van der Waals surface area contributed by atoms with E-state index in [0.29, 0.717) is 17.9 Å². The number of aliphatic hydroxyl groups excluding tert-OH is 1. The SMILES string of the molecule is C[C@@H](O)[C@H](NC(=O)c1ccc(C#CC#Cc2ccc(CN(C)C)o2)cc1)C(=O)NO. The van der Waals surface area contributed by atoms with Gasteiger partial charge in [-0.1, -0.05) is 5.92 Å². The summed E-state index contributed by atoms with van der Waals surface area (Å²) in [5, 5.41) is 20.6. The highest BCUT2D eigenvalue weighted by Crippen LogP contribution is 2.08. The van der Waals surface area contributed by atoms with E-state index in [-0.39, 0.29) is 5.56 Å². The van der Waals surface area contributed by atoms with Crippen molar-refractivity contribution in [2.75, 3.05) is 14.1 Å². The Morgan fingerprint density at radius 2 is 1.77 bits per heavy atom.